The highest BCUT2D eigenvalue weighted by Gasteiger charge is 2.51. The first-order chi connectivity index (χ1) is 9.78. The molecule has 0 radical (unpaired) electrons. The first-order valence-electron chi connectivity index (χ1n) is 7.76. The number of hydrogen-bond donors (Lipinski definition) is 2. The molecule has 0 aromatic heterocycles. The quantitative estimate of drug-likeness (QED) is 0.792. The zero-order chi connectivity index (χ0) is 15.3. The van der Waals surface area contributed by atoms with Crippen LogP contribution in [0.2, 0.25) is 0 Å². The molecule has 3 aliphatic rings. The highest BCUT2D eigenvalue weighted by molar-refractivity contribution is 7.92. The zero-order valence-electron chi connectivity index (χ0n) is 12.6. The number of likely N-dealkylation sites (tertiary alicyclic amines) is 1. The van der Waals surface area contributed by atoms with E-state index in [0.717, 1.165) is 19.3 Å². The number of nitrogens with two attached hydrogens (primary N) is 1. The first kappa shape index (κ1) is 15.1. The van der Waals surface area contributed by atoms with Crippen molar-refractivity contribution in [1.82, 2.24) is 10.2 Å². The van der Waals surface area contributed by atoms with Crippen LogP contribution in [0.25, 0.3) is 0 Å². The fraction of sp³-hybridized carbons (Fsp3) is 0.929. The number of carbonyl (C=O) groups excluding carboxylic acids is 1. The molecule has 0 aromatic carbocycles. The lowest BCUT2D eigenvalue weighted by molar-refractivity contribution is 0.125. The van der Waals surface area contributed by atoms with Crippen LogP contribution in [-0.2, 0) is 9.84 Å². The number of amides is 2. The minimum Gasteiger partial charge on any atom is -0.336 e. The van der Waals surface area contributed by atoms with E-state index in [1.165, 1.54) is 12.7 Å². The summed E-state index contributed by atoms with van der Waals surface area (Å²) in [5.74, 6) is 0. The monoisotopic (exact) mass is 315 g/mol. The molecule has 1 saturated heterocycles. The van der Waals surface area contributed by atoms with E-state index >= 15 is 0 Å². The second-order valence-electron chi connectivity index (χ2n) is 7.17. The number of carbonyl (C=O) groups is 1. The zero-order valence-corrected chi connectivity index (χ0v) is 13.4. The molecule has 2 saturated carbocycles. The molecular formula is C14H25N3O3S. The van der Waals surface area contributed by atoms with Gasteiger partial charge in [-0.2, -0.15) is 0 Å². The summed E-state index contributed by atoms with van der Waals surface area (Å²) in [7, 11) is -3.13. The maximum Gasteiger partial charge on any atom is 0.317 e. The Morgan fingerprint density at radius 2 is 1.90 bits per heavy atom. The van der Waals surface area contributed by atoms with E-state index in [-0.39, 0.29) is 24.0 Å². The van der Waals surface area contributed by atoms with Crippen LogP contribution in [-0.4, -0.2) is 56.0 Å². The normalized spacial score (nSPS) is 29.8. The number of rotatable bonds is 3. The standard InChI is InChI=1S/C14H25N3O3S/c1-21(19,20)14(6-3-7-14)9-16-12(18)17-8-11(15)13(10-17)4-2-5-13/h11H,2-10,15H2,1H3,(H,16,18). The van der Waals surface area contributed by atoms with Crippen molar-refractivity contribution in [2.24, 2.45) is 11.1 Å². The molecule has 1 heterocycles. The van der Waals surface area contributed by atoms with E-state index in [4.69, 9.17) is 5.73 Å². The van der Waals surface area contributed by atoms with Crippen molar-refractivity contribution in [1.29, 1.82) is 0 Å². The van der Waals surface area contributed by atoms with Gasteiger partial charge in [0.05, 0.1) is 4.75 Å². The second kappa shape index (κ2) is 4.84. The minimum atomic E-state index is -3.13. The summed E-state index contributed by atoms with van der Waals surface area (Å²) >= 11 is 0. The summed E-state index contributed by atoms with van der Waals surface area (Å²) in [6.45, 7) is 1.52. The average Bonchev–Trinajstić information content (AvgIpc) is 2.63. The number of sulfone groups is 1. The molecule has 2 aliphatic carbocycles. The lowest BCUT2D eigenvalue weighted by Gasteiger charge is -2.41. The lowest BCUT2D eigenvalue weighted by Crippen LogP contribution is -2.55. The van der Waals surface area contributed by atoms with Crippen LogP contribution >= 0.6 is 0 Å². The van der Waals surface area contributed by atoms with Crippen LogP contribution < -0.4 is 11.1 Å². The maximum atomic E-state index is 12.3. The molecule has 6 nitrogen and oxygen atoms in total. The smallest absolute Gasteiger partial charge is 0.317 e. The van der Waals surface area contributed by atoms with Crippen molar-refractivity contribution < 1.29 is 13.2 Å². The molecule has 120 valence electrons. The summed E-state index contributed by atoms with van der Waals surface area (Å²) in [5, 5.41) is 2.83. The molecule has 0 bridgehead atoms. The van der Waals surface area contributed by atoms with Gasteiger partial charge >= 0.3 is 6.03 Å². The molecule has 3 rings (SSSR count). The molecule has 1 spiro atoms. The Hall–Kier alpha value is -0.820. The van der Waals surface area contributed by atoms with E-state index < -0.39 is 14.6 Å². The van der Waals surface area contributed by atoms with Crippen LogP contribution in [0.15, 0.2) is 0 Å². The number of nitrogens with zero attached hydrogens (tertiary/aromatic N) is 1. The third-order valence-corrected chi connectivity index (χ3v) is 8.08. The van der Waals surface area contributed by atoms with Crippen LogP contribution in [0.1, 0.15) is 38.5 Å². The van der Waals surface area contributed by atoms with E-state index in [2.05, 4.69) is 5.32 Å². The number of urea groups is 1. The molecule has 1 aliphatic heterocycles. The fourth-order valence-electron chi connectivity index (χ4n) is 3.91. The van der Waals surface area contributed by atoms with Gasteiger partial charge in [0.2, 0.25) is 0 Å². The molecule has 21 heavy (non-hydrogen) atoms. The van der Waals surface area contributed by atoms with Crippen LogP contribution in [0.4, 0.5) is 4.79 Å². The topological polar surface area (TPSA) is 92.5 Å². The minimum absolute atomic E-state index is 0.0598. The van der Waals surface area contributed by atoms with E-state index in [9.17, 15) is 13.2 Å². The van der Waals surface area contributed by atoms with Crippen molar-refractivity contribution in [3.8, 4) is 0 Å². The van der Waals surface area contributed by atoms with E-state index in [1.807, 2.05) is 0 Å². The molecule has 1 atom stereocenters. The predicted octanol–water partition coefficient (Wildman–Crippen LogP) is 0.477. The van der Waals surface area contributed by atoms with Gasteiger partial charge in [-0.25, -0.2) is 13.2 Å². The van der Waals surface area contributed by atoms with Crippen LogP contribution in [0.5, 0.6) is 0 Å². The molecule has 1 unspecified atom stereocenters. The van der Waals surface area contributed by atoms with Crippen LogP contribution in [0, 0.1) is 5.41 Å². The van der Waals surface area contributed by atoms with Gasteiger partial charge in [-0.05, 0) is 25.7 Å². The highest BCUT2D eigenvalue weighted by Crippen LogP contribution is 2.47. The summed E-state index contributed by atoms with van der Waals surface area (Å²) in [5.41, 5.74) is 6.30. The Balaban J connectivity index is 1.58. The Kier molecular flexibility index (Phi) is 3.48. The van der Waals surface area contributed by atoms with Gasteiger partial charge in [0.15, 0.2) is 9.84 Å². The SMILES string of the molecule is CS(=O)(=O)C1(CNC(=O)N2CC(N)C3(CCC3)C2)CCC1. The Bertz CT molecular complexity index is 538. The van der Waals surface area contributed by atoms with Gasteiger partial charge < -0.3 is 16.0 Å². The molecule has 7 heteroatoms. The van der Waals surface area contributed by atoms with Gasteiger partial charge in [-0.1, -0.05) is 12.8 Å². The molecule has 0 aromatic rings. The number of hydrogen-bond acceptors (Lipinski definition) is 4. The largest absolute Gasteiger partial charge is 0.336 e. The molecule has 3 N–H and O–H groups in total. The van der Waals surface area contributed by atoms with Gasteiger partial charge in [-0.15, -0.1) is 0 Å². The highest BCUT2D eigenvalue weighted by atomic mass is 32.2. The molecular weight excluding hydrogens is 290 g/mol. The summed E-state index contributed by atoms with van der Waals surface area (Å²) in [6.07, 6.45) is 6.88. The van der Waals surface area contributed by atoms with Gasteiger partial charge in [0.1, 0.15) is 0 Å². The second-order valence-corrected chi connectivity index (χ2v) is 9.58. The van der Waals surface area contributed by atoms with E-state index in [1.54, 1.807) is 4.90 Å². The fourth-order valence-corrected chi connectivity index (χ4v) is 5.27. The van der Waals surface area contributed by atoms with Gasteiger partial charge in [0.25, 0.3) is 0 Å². The molecule has 3 fully saturated rings. The molecule has 2 amide bonds. The first-order valence-corrected chi connectivity index (χ1v) is 9.65. The predicted molar refractivity (Wildman–Crippen MR) is 80.7 cm³/mol. The third kappa shape index (κ3) is 2.34. The van der Waals surface area contributed by atoms with Crippen LogP contribution in [0.3, 0.4) is 0 Å². The lowest BCUT2D eigenvalue weighted by atomic mass is 9.66. The van der Waals surface area contributed by atoms with Gasteiger partial charge in [-0.3, -0.25) is 0 Å². The third-order valence-electron chi connectivity index (χ3n) is 5.96. The van der Waals surface area contributed by atoms with Crippen molar-refractivity contribution in [3.63, 3.8) is 0 Å². The van der Waals surface area contributed by atoms with Crippen molar-refractivity contribution in [2.45, 2.75) is 49.3 Å². The number of nitrogens with one attached hydrogen (secondary N) is 1. The summed E-state index contributed by atoms with van der Waals surface area (Å²) in [6, 6.07) is -0.103. The maximum absolute atomic E-state index is 12.3. The summed E-state index contributed by atoms with van der Waals surface area (Å²) < 4.78 is 23.1. The van der Waals surface area contributed by atoms with Crippen molar-refractivity contribution in [3.05, 3.63) is 0 Å². The Morgan fingerprint density at radius 1 is 1.29 bits per heavy atom. The Morgan fingerprint density at radius 3 is 2.29 bits per heavy atom. The Labute approximate surface area is 126 Å². The van der Waals surface area contributed by atoms with Gasteiger partial charge in [0, 0.05) is 37.3 Å². The van der Waals surface area contributed by atoms with Crippen molar-refractivity contribution >= 4 is 15.9 Å². The van der Waals surface area contributed by atoms with E-state index in [0.29, 0.717) is 25.9 Å². The average molecular weight is 315 g/mol. The van der Waals surface area contributed by atoms with Crippen molar-refractivity contribution in [2.75, 3.05) is 25.9 Å². The summed E-state index contributed by atoms with van der Waals surface area (Å²) in [4.78, 5) is 14.1.